The lowest BCUT2D eigenvalue weighted by Crippen LogP contribution is -2.52. The molecule has 0 radical (unpaired) electrons. The second kappa shape index (κ2) is 6.14. The Balaban J connectivity index is 2.13. The molecular weight excluding hydrogens is 268 g/mol. The van der Waals surface area contributed by atoms with Crippen molar-refractivity contribution in [3.05, 3.63) is 21.9 Å². The summed E-state index contributed by atoms with van der Waals surface area (Å²) in [5.41, 5.74) is 0.744. The first kappa shape index (κ1) is 14.0. The highest BCUT2D eigenvalue weighted by Gasteiger charge is 2.29. The third-order valence-electron chi connectivity index (χ3n) is 3.10. The third kappa shape index (κ3) is 3.12. The van der Waals surface area contributed by atoms with Gasteiger partial charge in [0.1, 0.15) is 10.9 Å². The van der Waals surface area contributed by atoms with Crippen molar-refractivity contribution in [1.82, 2.24) is 10.2 Å². The summed E-state index contributed by atoms with van der Waals surface area (Å²) in [5.74, 6) is -1.03. The van der Waals surface area contributed by atoms with Crippen LogP contribution in [0.3, 0.4) is 0 Å². The van der Waals surface area contributed by atoms with Gasteiger partial charge in [0.05, 0.1) is 13.2 Å². The average Bonchev–Trinajstić information content (AvgIpc) is 2.87. The lowest BCUT2D eigenvalue weighted by atomic mass is 10.1. The van der Waals surface area contributed by atoms with Crippen molar-refractivity contribution >= 4 is 23.2 Å². The second-order valence-electron chi connectivity index (χ2n) is 4.26. The Labute approximate surface area is 115 Å². The Kier molecular flexibility index (Phi) is 4.52. The van der Waals surface area contributed by atoms with Crippen LogP contribution in [0.2, 0.25) is 0 Å². The van der Waals surface area contributed by atoms with Crippen LogP contribution in [-0.2, 0) is 16.1 Å². The van der Waals surface area contributed by atoms with Gasteiger partial charge in [-0.1, -0.05) is 0 Å². The Morgan fingerprint density at radius 1 is 1.63 bits per heavy atom. The van der Waals surface area contributed by atoms with E-state index in [9.17, 15) is 9.59 Å². The van der Waals surface area contributed by atoms with E-state index in [1.165, 1.54) is 11.3 Å². The fourth-order valence-electron chi connectivity index (χ4n) is 2.10. The van der Waals surface area contributed by atoms with Gasteiger partial charge in [-0.3, -0.25) is 9.69 Å². The zero-order chi connectivity index (χ0) is 13.8. The largest absolute Gasteiger partial charge is 0.477 e. The smallest absolute Gasteiger partial charge is 0.346 e. The standard InChI is InChI=1S/C12H16N2O4S/c1-13-11(15)9-7-18-4-3-14(9)6-8-2-5-19-10(8)12(16)17/h2,5,9H,3-4,6-7H2,1H3,(H,13,15)(H,16,17). The van der Waals surface area contributed by atoms with Crippen molar-refractivity contribution in [1.29, 1.82) is 0 Å². The van der Waals surface area contributed by atoms with Crippen LogP contribution in [0.1, 0.15) is 15.2 Å². The molecule has 1 aromatic heterocycles. The Hall–Kier alpha value is -1.44. The number of hydrogen-bond donors (Lipinski definition) is 2. The maximum absolute atomic E-state index is 11.8. The van der Waals surface area contributed by atoms with Crippen LogP contribution >= 0.6 is 11.3 Å². The number of likely N-dealkylation sites (N-methyl/N-ethyl adjacent to an activating group) is 1. The molecule has 2 rings (SSSR count). The predicted octanol–water partition coefficient (Wildman–Crippen LogP) is 0.393. The van der Waals surface area contributed by atoms with Crippen LogP contribution in [0.5, 0.6) is 0 Å². The minimum atomic E-state index is -0.922. The summed E-state index contributed by atoms with van der Waals surface area (Å²) < 4.78 is 5.32. The molecule has 0 bridgehead atoms. The number of carboxylic acids is 1. The van der Waals surface area contributed by atoms with Gasteiger partial charge in [0, 0.05) is 20.1 Å². The van der Waals surface area contributed by atoms with Crippen LogP contribution < -0.4 is 5.32 Å². The maximum Gasteiger partial charge on any atom is 0.346 e. The summed E-state index contributed by atoms with van der Waals surface area (Å²) in [7, 11) is 1.59. The number of ether oxygens (including phenoxy) is 1. The molecule has 2 heterocycles. The SMILES string of the molecule is CNC(=O)C1COCCN1Cc1ccsc1C(=O)O. The van der Waals surface area contributed by atoms with Crippen LogP contribution in [0.25, 0.3) is 0 Å². The number of hydrogen-bond acceptors (Lipinski definition) is 5. The van der Waals surface area contributed by atoms with Gasteiger partial charge in [-0.05, 0) is 17.0 Å². The number of rotatable bonds is 4. The van der Waals surface area contributed by atoms with E-state index in [1.807, 2.05) is 4.90 Å². The number of thiophene rings is 1. The van der Waals surface area contributed by atoms with E-state index in [-0.39, 0.29) is 11.9 Å². The number of aromatic carboxylic acids is 1. The second-order valence-corrected chi connectivity index (χ2v) is 5.17. The number of carboxylic acid groups (broad SMARTS) is 1. The van der Waals surface area contributed by atoms with E-state index in [4.69, 9.17) is 9.84 Å². The van der Waals surface area contributed by atoms with Gasteiger partial charge in [0.2, 0.25) is 5.91 Å². The van der Waals surface area contributed by atoms with E-state index in [2.05, 4.69) is 5.32 Å². The van der Waals surface area contributed by atoms with Gasteiger partial charge in [-0.2, -0.15) is 0 Å². The molecule has 2 N–H and O–H groups in total. The predicted molar refractivity (Wildman–Crippen MR) is 70.4 cm³/mol. The fourth-order valence-corrected chi connectivity index (χ4v) is 2.86. The zero-order valence-electron chi connectivity index (χ0n) is 10.6. The molecule has 7 heteroatoms. The van der Waals surface area contributed by atoms with E-state index >= 15 is 0 Å². The Morgan fingerprint density at radius 3 is 3.11 bits per heavy atom. The molecule has 1 atom stereocenters. The van der Waals surface area contributed by atoms with Crippen LogP contribution in [-0.4, -0.2) is 54.7 Å². The van der Waals surface area contributed by atoms with E-state index < -0.39 is 5.97 Å². The molecule has 1 amide bonds. The molecular formula is C12H16N2O4S. The van der Waals surface area contributed by atoms with Crippen molar-refractivity contribution in [2.45, 2.75) is 12.6 Å². The lowest BCUT2D eigenvalue weighted by molar-refractivity contribution is -0.132. The number of carbonyl (C=O) groups excluding carboxylic acids is 1. The van der Waals surface area contributed by atoms with Gasteiger partial charge in [-0.25, -0.2) is 4.79 Å². The van der Waals surface area contributed by atoms with Crippen molar-refractivity contribution in [2.24, 2.45) is 0 Å². The zero-order valence-corrected chi connectivity index (χ0v) is 11.4. The van der Waals surface area contributed by atoms with Crippen molar-refractivity contribution in [2.75, 3.05) is 26.8 Å². The molecule has 1 aromatic rings. The molecule has 6 nitrogen and oxygen atoms in total. The highest BCUT2D eigenvalue weighted by atomic mass is 32.1. The van der Waals surface area contributed by atoms with E-state index in [0.717, 1.165) is 5.56 Å². The summed E-state index contributed by atoms with van der Waals surface area (Å²) in [5, 5.41) is 13.5. The molecule has 104 valence electrons. The van der Waals surface area contributed by atoms with Gasteiger partial charge < -0.3 is 15.2 Å². The minimum absolute atomic E-state index is 0.105. The normalized spacial score (nSPS) is 20.2. The molecule has 1 saturated heterocycles. The summed E-state index contributed by atoms with van der Waals surface area (Å²) in [6.45, 7) is 1.96. The van der Waals surface area contributed by atoms with E-state index in [1.54, 1.807) is 18.5 Å². The fraction of sp³-hybridized carbons (Fsp3) is 0.500. The lowest BCUT2D eigenvalue weighted by Gasteiger charge is -2.34. The first-order valence-corrected chi connectivity index (χ1v) is 6.84. The molecule has 1 aliphatic heterocycles. The number of amides is 1. The third-order valence-corrected chi connectivity index (χ3v) is 4.05. The quantitative estimate of drug-likeness (QED) is 0.836. The number of morpholine rings is 1. The first-order chi connectivity index (χ1) is 9.13. The molecule has 1 fully saturated rings. The first-order valence-electron chi connectivity index (χ1n) is 5.96. The molecule has 0 aliphatic carbocycles. The van der Waals surface area contributed by atoms with Gasteiger partial charge >= 0.3 is 5.97 Å². The van der Waals surface area contributed by atoms with Crippen LogP contribution in [0, 0.1) is 0 Å². The van der Waals surface area contributed by atoms with Crippen molar-refractivity contribution in [3.8, 4) is 0 Å². The average molecular weight is 284 g/mol. The summed E-state index contributed by atoms with van der Waals surface area (Å²) in [6, 6.07) is 1.44. The molecule has 19 heavy (non-hydrogen) atoms. The molecule has 1 unspecified atom stereocenters. The Bertz CT molecular complexity index is 474. The number of carbonyl (C=O) groups is 2. The van der Waals surface area contributed by atoms with E-state index in [0.29, 0.717) is 31.2 Å². The highest BCUT2D eigenvalue weighted by molar-refractivity contribution is 7.12. The number of nitrogens with zero attached hydrogens (tertiary/aromatic N) is 1. The molecule has 1 aliphatic rings. The summed E-state index contributed by atoms with van der Waals surface area (Å²) in [4.78, 5) is 25.2. The van der Waals surface area contributed by atoms with Gasteiger partial charge in [0.25, 0.3) is 0 Å². The summed E-state index contributed by atoms with van der Waals surface area (Å²) in [6.07, 6.45) is 0. The molecule has 0 spiro atoms. The van der Waals surface area contributed by atoms with Gasteiger partial charge in [0.15, 0.2) is 0 Å². The van der Waals surface area contributed by atoms with Crippen LogP contribution in [0.4, 0.5) is 0 Å². The monoisotopic (exact) mass is 284 g/mol. The van der Waals surface area contributed by atoms with Crippen molar-refractivity contribution in [3.63, 3.8) is 0 Å². The Morgan fingerprint density at radius 2 is 2.42 bits per heavy atom. The highest BCUT2D eigenvalue weighted by Crippen LogP contribution is 2.20. The van der Waals surface area contributed by atoms with Crippen LogP contribution in [0.15, 0.2) is 11.4 Å². The summed E-state index contributed by atoms with van der Waals surface area (Å²) >= 11 is 1.20. The minimum Gasteiger partial charge on any atom is -0.477 e. The van der Waals surface area contributed by atoms with Gasteiger partial charge in [-0.15, -0.1) is 11.3 Å². The topological polar surface area (TPSA) is 78.9 Å². The molecule has 0 saturated carbocycles. The number of nitrogens with one attached hydrogen (secondary N) is 1. The van der Waals surface area contributed by atoms with Crippen molar-refractivity contribution < 1.29 is 19.4 Å². The molecule has 0 aromatic carbocycles. The maximum atomic E-state index is 11.8.